The summed E-state index contributed by atoms with van der Waals surface area (Å²) < 4.78 is 5.81. The number of carbonyl (C=O) groups is 1. The number of benzene rings is 2. The summed E-state index contributed by atoms with van der Waals surface area (Å²) in [5, 5.41) is 9.25. The summed E-state index contributed by atoms with van der Waals surface area (Å²) in [7, 11) is 0. The molecular weight excluding hydrogens is 266 g/mol. The number of anilines is 1. The fraction of sp³-hybridized carbons (Fsp3) is 0.235. The molecule has 0 fully saturated rings. The first-order valence-corrected chi connectivity index (χ1v) is 6.83. The van der Waals surface area contributed by atoms with Gasteiger partial charge in [-0.1, -0.05) is 44.2 Å². The van der Waals surface area contributed by atoms with Crippen molar-refractivity contribution in [2.24, 2.45) is 0 Å². The Morgan fingerprint density at radius 3 is 2.57 bits per heavy atom. The van der Waals surface area contributed by atoms with Crippen molar-refractivity contribution in [1.82, 2.24) is 0 Å². The molecule has 0 saturated carbocycles. The van der Waals surface area contributed by atoms with Gasteiger partial charge in [0, 0.05) is 11.3 Å². The molecule has 0 aliphatic carbocycles. The Hall–Kier alpha value is -2.49. The second kappa shape index (κ2) is 6.31. The van der Waals surface area contributed by atoms with E-state index in [-0.39, 0.29) is 17.9 Å². The SMILES string of the molecule is CC(C)c1ccccc1OCc1cccc(N)c1C(=O)O. The lowest BCUT2D eigenvalue weighted by Crippen LogP contribution is -2.09. The van der Waals surface area contributed by atoms with Crippen LogP contribution in [-0.4, -0.2) is 11.1 Å². The molecule has 21 heavy (non-hydrogen) atoms. The molecule has 3 N–H and O–H groups in total. The number of carboxylic acid groups (broad SMARTS) is 1. The largest absolute Gasteiger partial charge is 0.489 e. The van der Waals surface area contributed by atoms with Crippen LogP contribution in [0.1, 0.15) is 41.3 Å². The molecule has 0 saturated heterocycles. The average Bonchev–Trinajstić information content (AvgIpc) is 2.44. The number of para-hydroxylation sites is 1. The molecule has 0 aliphatic rings. The highest BCUT2D eigenvalue weighted by atomic mass is 16.5. The van der Waals surface area contributed by atoms with Gasteiger partial charge in [0.15, 0.2) is 0 Å². The van der Waals surface area contributed by atoms with Crippen molar-refractivity contribution in [3.8, 4) is 5.75 Å². The van der Waals surface area contributed by atoms with Crippen molar-refractivity contribution in [2.45, 2.75) is 26.4 Å². The molecular formula is C17H19NO3. The monoisotopic (exact) mass is 285 g/mol. The summed E-state index contributed by atoms with van der Waals surface area (Å²) in [6, 6.07) is 12.8. The van der Waals surface area contributed by atoms with Gasteiger partial charge in [-0.2, -0.15) is 0 Å². The van der Waals surface area contributed by atoms with Crippen LogP contribution in [0.15, 0.2) is 42.5 Å². The maximum Gasteiger partial charge on any atom is 0.338 e. The van der Waals surface area contributed by atoms with E-state index in [4.69, 9.17) is 10.5 Å². The van der Waals surface area contributed by atoms with Crippen LogP contribution in [0.5, 0.6) is 5.75 Å². The van der Waals surface area contributed by atoms with E-state index >= 15 is 0 Å². The molecule has 0 atom stereocenters. The van der Waals surface area contributed by atoms with Crippen LogP contribution in [0.2, 0.25) is 0 Å². The molecule has 2 aromatic carbocycles. The zero-order chi connectivity index (χ0) is 15.4. The lowest BCUT2D eigenvalue weighted by atomic mass is 10.0. The quantitative estimate of drug-likeness (QED) is 0.822. The molecule has 4 heteroatoms. The predicted octanol–water partition coefficient (Wildman–Crippen LogP) is 3.67. The molecule has 0 amide bonds. The highest BCUT2D eigenvalue weighted by Crippen LogP contribution is 2.27. The molecule has 0 radical (unpaired) electrons. The maximum atomic E-state index is 11.3. The number of carboxylic acids is 1. The van der Waals surface area contributed by atoms with Crippen LogP contribution in [-0.2, 0) is 6.61 Å². The van der Waals surface area contributed by atoms with Crippen molar-refractivity contribution in [1.29, 1.82) is 0 Å². The molecule has 0 spiro atoms. The van der Waals surface area contributed by atoms with Gasteiger partial charge in [-0.15, -0.1) is 0 Å². The molecule has 0 aliphatic heterocycles. The van der Waals surface area contributed by atoms with Crippen LogP contribution in [0.25, 0.3) is 0 Å². The fourth-order valence-electron chi connectivity index (χ4n) is 2.25. The van der Waals surface area contributed by atoms with Crippen LogP contribution in [0.4, 0.5) is 5.69 Å². The second-order valence-corrected chi connectivity index (χ2v) is 5.17. The minimum absolute atomic E-state index is 0.111. The van der Waals surface area contributed by atoms with Crippen molar-refractivity contribution >= 4 is 11.7 Å². The van der Waals surface area contributed by atoms with Gasteiger partial charge in [-0.3, -0.25) is 0 Å². The van der Waals surface area contributed by atoms with Crippen molar-refractivity contribution in [3.05, 3.63) is 59.2 Å². The third-order valence-electron chi connectivity index (χ3n) is 3.32. The normalized spacial score (nSPS) is 10.6. The third-order valence-corrected chi connectivity index (χ3v) is 3.32. The molecule has 0 aromatic heterocycles. The molecule has 0 heterocycles. The number of hydrogen-bond acceptors (Lipinski definition) is 3. The van der Waals surface area contributed by atoms with Crippen LogP contribution < -0.4 is 10.5 Å². The minimum Gasteiger partial charge on any atom is -0.489 e. The molecule has 0 bridgehead atoms. The van der Waals surface area contributed by atoms with Gasteiger partial charge >= 0.3 is 5.97 Å². The number of ether oxygens (including phenoxy) is 1. The Bertz CT molecular complexity index is 650. The number of hydrogen-bond donors (Lipinski definition) is 2. The number of nitrogen functional groups attached to an aromatic ring is 1. The molecule has 4 nitrogen and oxygen atoms in total. The van der Waals surface area contributed by atoms with E-state index in [1.807, 2.05) is 24.3 Å². The van der Waals surface area contributed by atoms with Gasteiger partial charge in [-0.05, 0) is 23.6 Å². The molecule has 110 valence electrons. The van der Waals surface area contributed by atoms with E-state index in [9.17, 15) is 9.90 Å². The van der Waals surface area contributed by atoms with E-state index in [2.05, 4.69) is 13.8 Å². The van der Waals surface area contributed by atoms with E-state index in [0.29, 0.717) is 11.5 Å². The standard InChI is InChI=1S/C17H19NO3/c1-11(2)13-7-3-4-9-15(13)21-10-12-6-5-8-14(18)16(12)17(19)20/h3-9,11H,10,18H2,1-2H3,(H,19,20). The number of aromatic carboxylic acids is 1. The second-order valence-electron chi connectivity index (χ2n) is 5.17. The summed E-state index contributed by atoms with van der Waals surface area (Å²) >= 11 is 0. The predicted molar refractivity (Wildman–Crippen MR) is 82.7 cm³/mol. The van der Waals surface area contributed by atoms with E-state index in [0.717, 1.165) is 11.3 Å². The van der Waals surface area contributed by atoms with Gasteiger partial charge in [0.1, 0.15) is 12.4 Å². The lowest BCUT2D eigenvalue weighted by Gasteiger charge is -2.15. The van der Waals surface area contributed by atoms with Gasteiger partial charge in [0.05, 0.1) is 5.56 Å². The number of nitrogens with two attached hydrogens (primary N) is 1. The summed E-state index contributed by atoms with van der Waals surface area (Å²) in [4.78, 5) is 11.3. The Morgan fingerprint density at radius 2 is 1.90 bits per heavy atom. The average molecular weight is 285 g/mol. The van der Waals surface area contributed by atoms with E-state index < -0.39 is 5.97 Å². The van der Waals surface area contributed by atoms with Crippen LogP contribution in [0, 0.1) is 0 Å². The Morgan fingerprint density at radius 1 is 1.19 bits per heavy atom. The third kappa shape index (κ3) is 3.34. The van der Waals surface area contributed by atoms with Crippen molar-refractivity contribution in [3.63, 3.8) is 0 Å². The zero-order valence-corrected chi connectivity index (χ0v) is 12.2. The maximum absolute atomic E-state index is 11.3. The lowest BCUT2D eigenvalue weighted by molar-refractivity contribution is 0.0695. The minimum atomic E-state index is -1.04. The van der Waals surface area contributed by atoms with Gasteiger partial charge in [0.25, 0.3) is 0 Å². The van der Waals surface area contributed by atoms with E-state index in [1.165, 1.54) is 0 Å². The first-order valence-electron chi connectivity index (χ1n) is 6.83. The Balaban J connectivity index is 2.25. The van der Waals surface area contributed by atoms with Gasteiger partial charge < -0.3 is 15.6 Å². The van der Waals surface area contributed by atoms with Gasteiger partial charge in [-0.25, -0.2) is 4.79 Å². The van der Waals surface area contributed by atoms with E-state index in [1.54, 1.807) is 18.2 Å². The fourth-order valence-corrected chi connectivity index (χ4v) is 2.25. The molecule has 2 aromatic rings. The summed E-state index contributed by atoms with van der Waals surface area (Å²) in [5.74, 6) is 0.0658. The van der Waals surface area contributed by atoms with Crippen LogP contribution in [0.3, 0.4) is 0 Å². The highest BCUT2D eigenvalue weighted by molar-refractivity contribution is 5.95. The summed E-state index contributed by atoms with van der Waals surface area (Å²) in [6.07, 6.45) is 0. The zero-order valence-electron chi connectivity index (χ0n) is 12.2. The Kier molecular flexibility index (Phi) is 4.48. The van der Waals surface area contributed by atoms with Gasteiger partial charge in [0.2, 0.25) is 0 Å². The molecule has 0 unspecified atom stereocenters. The summed E-state index contributed by atoms with van der Waals surface area (Å²) in [5.41, 5.74) is 7.76. The first-order chi connectivity index (χ1) is 10.0. The van der Waals surface area contributed by atoms with Crippen molar-refractivity contribution < 1.29 is 14.6 Å². The first kappa shape index (κ1) is 14.9. The number of rotatable bonds is 5. The summed E-state index contributed by atoms with van der Waals surface area (Å²) in [6.45, 7) is 4.35. The highest BCUT2D eigenvalue weighted by Gasteiger charge is 2.15. The smallest absolute Gasteiger partial charge is 0.338 e. The molecule has 2 rings (SSSR count). The Labute approximate surface area is 124 Å². The topological polar surface area (TPSA) is 72.5 Å². The van der Waals surface area contributed by atoms with Crippen LogP contribution >= 0.6 is 0 Å². The van der Waals surface area contributed by atoms with Crippen molar-refractivity contribution in [2.75, 3.05) is 5.73 Å².